The molecular weight excluding hydrogens is 324 g/mol. The van der Waals surface area contributed by atoms with Gasteiger partial charge < -0.3 is 19.5 Å². The maximum atomic E-state index is 11.8. The Morgan fingerprint density at radius 1 is 1.00 bits per heavy atom. The molecule has 0 spiro atoms. The standard InChI is InChI=1S/C18H16N2O5/c1-23-15-6-4-5-11(10-19)16(15)20-14-8-12(17(21)24-2)7-13(9-14)18(22)25-3/h4-9,20H,1-3H3. The normalized spacial score (nSPS) is 9.68. The average Bonchev–Trinajstić information content (AvgIpc) is 2.66. The van der Waals surface area contributed by atoms with Gasteiger partial charge in [0.25, 0.3) is 0 Å². The Hall–Kier alpha value is -3.53. The van der Waals surface area contributed by atoms with Crippen LogP contribution in [0.5, 0.6) is 5.75 Å². The number of carbonyl (C=O) groups is 2. The highest BCUT2D eigenvalue weighted by molar-refractivity contribution is 5.97. The fraction of sp³-hybridized carbons (Fsp3) is 0.167. The van der Waals surface area contributed by atoms with Gasteiger partial charge in [-0.25, -0.2) is 9.59 Å². The van der Waals surface area contributed by atoms with Crippen LogP contribution in [-0.2, 0) is 9.47 Å². The largest absolute Gasteiger partial charge is 0.495 e. The highest BCUT2D eigenvalue weighted by Crippen LogP contribution is 2.31. The van der Waals surface area contributed by atoms with Crippen molar-refractivity contribution in [2.24, 2.45) is 0 Å². The Bertz CT molecular complexity index is 821. The van der Waals surface area contributed by atoms with E-state index < -0.39 is 11.9 Å². The van der Waals surface area contributed by atoms with Gasteiger partial charge in [-0.15, -0.1) is 0 Å². The second-order valence-electron chi connectivity index (χ2n) is 4.90. The van der Waals surface area contributed by atoms with Gasteiger partial charge in [0.2, 0.25) is 0 Å². The van der Waals surface area contributed by atoms with Crippen molar-refractivity contribution in [1.82, 2.24) is 0 Å². The summed E-state index contributed by atoms with van der Waals surface area (Å²) in [7, 11) is 3.97. The lowest BCUT2D eigenvalue weighted by Gasteiger charge is -2.14. The van der Waals surface area contributed by atoms with Crippen LogP contribution < -0.4 is 10.1 Å². The number of anilines is 2. The van der Waals surface area contributed by atoms with Crippen LogP contribution in [0.25, 0.3) is 0 Å². The first kappa shape index (κ1) is 17.8. The van der Waals surface area contributed by atoms with Crippen molar-refractivity contribution in [3.05, 3.63) is 53.1 Å². The molecule has 0 fully saturated rings. The molecular formula is C18H16N2O5. The van der Waals surface area contributed by atoms with E-state index in [-0.39, 0.29) is 11.1 Å². The molecule has 2 aromatic rings. The molecule has 0 aromatic heterocycles. The quantitative estimate of drug-likeness (QED) is 0.836. The van der Waals surface area contributed by atoms with E-state index in [2.05, 4.69) is 11.4 Å². The first-order valence-electron chi connectivity index (χ1n) is 7.20. The van der Waals surface area contributed by atoms with Crippen LogP contribution in [0.3, 0.4) is 0 Å². The van der Waals surface area contributed by atoms with Crippen molar-refractivity contribution >= 4 is 23.3 Å². The zero-order valence-electron chi connectivity index (χ0n) is 14.0. The highest BCUT2D eigenvalue weighted by atomic mass is 16.5. The molecule has 0 radical (unpaired) electrons. The molecule has 0 aliphatic carbocycles. The van der Waals surface area contributed by atoms with E-state index >= 15 is 0 Å². The van der Waals surface area contributed by atoms with Crippen molar-refractivity contribution < 1.29 is 23.8 Å². The van der Waals surface area contributed by atoms with E-state index in [9.17, 15) is 14.9 Å². The molecule has 2 aromatic carbocycles. The molecule has 2 rings (SSSR count). The maximum absolute atomic E-state index is 11.8. The fourth-order valence-electron chi connectivity index (χ4n) is 2.24. The van der Waals surface area contributed by atoms with Crippen LogP contribution >= 0.6 is 0 Å². The second-order valence-corrected chi connectivity index (χ2v) is 4.90. The molecule has 0 amide bonds. The minimum atomic E-state index is -0.602. The van der Waals surface area contributed by atoms with Gasteiger partial charge in [0.15, 0.2) is 0 Å². The van der Waals surface area contributed by atoms with Crippen molar-refractivity contribution in [3.8, 4) is 11.8 Å². The third kappa shape index (κ3) is 3.87. The number of rotatable bonds is 5. The van der Waals surface area contributed by atoms with Crippen LogP contribution in [0.1, 0.15) is 26.3 Å². The number of benzene rings is 2. The third-order valence-electron chi connectivity index (χ3n) is 3.41. The summed E-state index contributed by atoms with van der Waals surface area (Å²) in [4.78, 5) is 23.7. The highest BCUT2D eigenvalue weighted by Gasteiger charge is 2.16. The van der Waals surface area contributed by atoms with Crippen LogP contribution in [0.4, 0.5) is 11.4 Å². The number of carbonyl (C=O) groups excluding carboxylic acids is 2. The van der Waals surface area contributed by atoms with Gasteiger partial charge in [0.05, 0.1) is 43.7 Å². The molecule has 0 aliphatic heterocycles. The Morgan fingerprint density at radius 3 is 2.08 bits per heavy atom. The van der Waals surface area contributed by atoms with Crippen LogP contribution in [0, 0.1) is 11.3 Å². The molecule has 7 nitrogen and oxygen atoms in total. The minimum absolute atomic E-state index is 0.168. The van der Waals surface area contributed by atoms with E-state index in [4.69, 9.17) is 14.2 Å². The summed E-state index contributed by atoms with van der Waals surface area (Å²) in [5.41, 5.74) is 1.51. The molecule has 0 aliphatic rings. The van der Waals surface area contributed by atoms with Gasteiger partial charge in [0, 0.05) is 5.69 Å². The first-order valence-corrected chi connectivity index (χ1v) is 7.20. The van der Waals surface area contributed by atoms with Gasteiger partial charge in [-0.3, -0.25) is 0 Å². The minimum Gasteiger partial charge on any atom is -0.495 e. The van der Waals surface area contributed by atoms with Crippen molar-refractivity contribution in [2.45, 2.75) is 0 Å². The Balaban J connectivity index is 2.55. The molecule has 0 saturated carbocycles. The van der Waals surface area contributed by atoms with Gasteiger partial charge in [-0.05, 0) is 30.3 Å². The molecule has 1 N–H and O–H groups in total. The molecule has 128 valence electrons. The Labute approximate surface area is 144 Å². The lowest BCUT2D eigenvalue weighted by atomic mass is 10.1. The van der Waals surface area contributed by atoms with Gasteiger partial charge in [0.1, 0.15) is 11.8 Å². The number of methoxy groups -OCH3 is 3. The smallest absolute Gasteiger partial charge is 0.337 e. The number of nitrogens with one attached hydrogen (secondary N) is 1. The van der Waals surface area contributed by atoms with Crippen molar-refractivity contribution in [1.29, 1.82) is 5.26 Å². The summed E-state index contributed by atoms with van der Waals surface area (Å²) in [6.45, 7) is 0. The van der Waals surface area contributed by atoms with E-state index in [1.54, 1.807) is 18.2 Å². The SMILES string of the molecule is COC(=O)c1cc(Nc2c(C#N)cccc2OC)cc(C(=O)OC)c1. The Morgan fingerprint density at radius 2 is 1.60 bits per heavy atom. The number of nitrogens with zero attached hydrogens (tertiary/aromatic N) is 1. The van der Waals surface area contributed by atoms with E-state index in [1.165, 1.54) is 39.5 Å². The van der Waals surface area contributed by atoms with Crippen molar-refractivity contribution in [2.75, 3.05) is 26.6 Å². The zero-order chi connectivity index (χ0) is 18.4. The van der Waals surface area contributed by atoms with Gasteiger partial charge >= 0.3 is 11.9 Å². The number of esters is 2. The van der Waals surface area contributed by atoms with Crippen molar-refractivity contribution in [3.63, 3.8) is 0 Å². The van der Waals surface area contributed by atoms with Gasteiger partial charge in [-0.2, -0.15) is 5.26 Å². The third-order valence-corrected chi connectivity index (χ3v) is 3.41. The molecule has 0 atom stereocenters. The first-order chi connectivity index (χ1) is 12.0. The predicted molar refractivity (Wildman–Crippen MR) is 90.1 cm³/mol. The predicted octanol–water partition coefficient (Wildman–Crippen LogP) is 2.88. The summed E-state index contributed by atoms with van der Waals surface area (Å²) in [6.07, 6.45) is 0. The summed E-state index contributed by atoms with van der Waals surface area (Å²) in [5.74, 6) is -0.759. The average molecular weight is 340 g/mol. The molecule has 7 heteroatoms. The van der Waals surface area contributed by atoms with Crippen LogP contribution in [0.2, 0.25) is 0 Å². The van der Waals surface area contributed by atoms with E-state index in [1.807, 2.05) is 0 Å². The maximum Gasteiger partial charge on any atom is 0.337 e. The molecule has 25 heavy (non-hydrogen) atoms. The second kappa shape index (κ2) is 7.84. The number of nitriles is 1. The number of para-hydroxylation sites is 1. The summed E-state index contributed by atoms with van der Waals surface area (Å²) < 4.78 is 14.7. The monoisotopic (exact) mass is 340 g/mol. The zero-order valence-corrected chi connectivity index (χ0v) is 14.0. The lowest BCUT2D eigenvalue weighted by Crippen LogP contribution is -2.08. The lowest BCUT2D eigenvalue weighted by molar-refractivity contribution is 0.0599. The Kier molecular flexibility index (Phi) is 5.58. The van der Waals surface area contributed by atoms with E-state index in [0.29, 0.717) is 22.7 Å². The molecule has 0 bridgehead atoms. The molecule has 0 unspecified atom stereocenters. The summed E-state index contributed by atoms with van der Waals surface area (Å²) in [6, 6.07) is 11.4. The molecule has 0 saturated heterocycles. The van der Waals surface area contributed by atoms with Gasteiger partial charge in [-0.1, -0.05) is 6.07 Å². The number of hydrogen-bond donors (Lipinski definition) is 1. The molecule has 0 heterocycles. The summed E-state index contributed by atoms with van der Waals surface area (Å²) in [5, 5.41) is 12.3. The summed E-state index contributed by atoms with van der Waals surface area (Å²) >= 11 is 0. The van der Waals surface area contributed by atoms with E-state index in [0.717, 1.165) is 0 Å². The number of hydrogen-bond acceptors (Lipinski definition) is 7. The number of ether oxygens (including phenoxy) is 3. The topological polar surface area (TPSA) is 97.6 Å². The fourth-order valence-corrected chi connectivity index (χ4v) is 2.24. The van der Waals surface area contributed by atoms with Crippen LogP contribution in [-0.4, -0.2) is 33.3 Å². The van der Waals surface area contributed by atoms with Crippen LogP contribution in [0.15, 0.2) is 36.4 Å².